The first kappa shape index (κ1) is 12.3. The zero-order valence-corrected chi connectivity index (χ0v) is 9.90. The average molecular weight is 219 g/mol. The Labute approximate surface area is 90.6 Å². The molecule has 3 nitrogen and oxygen atoms in total. The fraction of sp³-hybridized carbons (Fsp3) is 1.00. The molecule has 1 aliphatic rings. The van der Waals surface area contributed by atoms with Gasteiger partial charge in [0.2, 0.25) is 0 Å². The lowest BCUT2D eigenvalue weighted by Gasteiger charge is -2.28. The monoisotopic (exact) mass is 219 g/mol. The summed E-state index contributed by atoms with van der Waals surface area (Å²) in [6, 6.07) is 0.428. The van der Waals surface area contributed by atoms with E-state index in [1.54, 1.807) is 11.8 Å². The highest BCUT2D eigenvalue weighted by Gasteiger charge is 2.22. The van der Waals surface area contributed by atoms with Gasteiger partial charge in [0.15, 0.2) is 0 Å². The molecule has 0 aromatic rings. The molecule has 2 N–H and O–H groups in total. The summed E-state index contributed by atoms with van der Waals surface area (Å²) in [5.41, 5.74) is -0.600. The van der Waals surface area contributed by atoms with Gasteiger partial charge < -0.3 is 15.2 Å². The topological polar surface area (TPSA) is 41.5 Å². The molecule has 0 aromatic heterocycles. The highest BCUT2D eigenvalue weighted by atomic mass is 32.2. The Balaban J connectivity index is 2.17. The average Bonchev–Trinajstić information content (AvgIpc) is 2.17. The number of nitrogens with one attached hydrogen (secondary N) is 1. The first-order valence-corrected chi connectivity index (χ1v) is 6.56. The van der Waals surface area contributed by atoms with E-state index < -0.39 is 5.60 Å². The van der Waals surface area contributed by atoms with Gasteiger partial charge in [-0.15, -0.1) is 0 Å². The van der Waals surface area contributed by atoms with Crippen LogP contribution in [0, 0.1) is 0 Å². The van der Waals surface area contributed by atoms with E-state index in [-0.39, 0.29) is 0 Å². The fourth-order valence-corrected chi connectivity index (χ4v) is 2.35. The number of thioether (sulfide) groups is 1. The van der Waals surface area contributed by atoms with Gasteiger partial charge in [-0.2, -0.15) is 11.8 Å². The van der Waals surface area contributed by atoms with Crippen molar-refractivity contribution in [3.8, 4) is 0 Å². The van der Waals surface area contributed by atoms with Crippen LogP contribution in [-0.2, 0) is 4.74 Å². The maximum absolute atomic E-state index is 9.92. The molecule has 4 heteroatoms. The Bertz CT molecular complexity index is 158. The minimum atomic E-state index is -0.600. The largest absolute Gasteiger partial charge is 0.388 e. The van der Waals surface area contributed by atoms with E-state index in [1.165, 1.54) is 0 Å². The van der Waals surface area contributed by atoms with E-state index in [4.69, 9.17) is 4.74 Å². The van der Waals surface area contributed by atoms with Gasteiger partial charge in [0.05, 0.1) is 12.2 Å². The summed E-state index contributed by atoms with van der Waals surface area (Å²) in [6.07, 6.45) is 4.30. The third-order valence-electron chi connectivity index (χ3n) is 2.39. The lowest BCUT2D eigenvalue weighted by molar-refractivity contribution is 0.0469. The standard InChI is InChI=1S/C10H21NO2S/c1-10(12,8-14-2)7-11-9-4-3-5-13-6-9/h9,11-12H,3-8H2,1-2H3. The molecule has 1 fully saturated rings. The molecule has 14 heavy (non-hydrogen) atoms. The second kappa shape index (κ2) is 5.95. The molecule has 2 atom stereocenters. The van der Waals surface area contributed by atoms with Crippen LogP contribution < -0.4 is 5.32 Å². The predicted molar refractivity (Wildman–Crippen MR) is 60.8 cm³/mol. The van der Waals surface area contributed by atoms with E-state index in [1.807, 2.05) is 13.2 Å². The van der Waals surface area contributed by atoms with Crippen molar-refractivity contribution in [1.29, 1.82) is 0 Å². The fourth-order valence-electron chi connectivity index (χ4n) is 1.63. The van der Waals surface area contributed by atoms with E-state index >= 15 is 0 Å². The Hall–Kier alpha value is 0.230. The number of rotatable bonds is 5. The predicted octanol–water partition coefficient (Wildman–Crippen LogP) is 0.869. The SMILES string of the molecule is CSCC(C)(O)CNC1CCCOC1. The van der Waals surface area contributed by atoms with E-state index in [2.05, 4.69) is 5.32 Å². The number of aliphatic hydroxyl groups is 1. The third kappa shape index (κ3) is 4.64. The molecule has 0 bridgehead atoms. The second-order valence-electron chi connectivity index (χ2n) is 4.22. The van der Waals surface area contributed by atoms with Crippen molar-refractivity contribution in [2.24, 2.45) is 0 Å². The van der Waals surface area contributed by atoms with E-state index in [0.717, 1.165) is 31.8 Å². The Morgan fingerprint density at radius 2 is 2.43 bits per heavy atom. The minimum absolute atomic E-state index is 0.428. The number of hydrogen-bond acceptors (Lipinski definition) is 4. The molecule has 1 heterocycles. The molecule has 0 amide bonds. The highest BCUT2D eigenvalue weighted by Crippen LogP contribution is 2.11. The molecule has 0 spiro atoms. The van der Waals surface area contributed by atoms with Gasteiger partial charge >= 0.3 is 0 Å². The molecule has 2 unspecified atom stereocenters. The zero-order valence-electron chi connectivity index (χ0n) is 9.08. The van der Waals surface area contributed by atoms with Crippen LogP contribution in [0.25, 0.3) is 0 Å². The minimum Gasteiger partial charge on any atom is -0.388 e. The van der Waals surface area contributed by atoms with Gasteiger partial charge in [-0.05, 0) is 26.0 Å². The van der Waals surface area contributed by atoms with Crippen molar-refractivity contribution >= 4 is 11.8 Å². The second-order valence-corrected chi connectivity index (χ2v) is 5.09. The van der Waals surface area contributed by atoms with Crippen molar-refractivity contribution in [3.63, 3.8) is 0 Å². The summed E-state index contributed by atoms with van der Waals surface area (Å²) >= 11 is 1.67. The Kier molecular flexibility index (Phi) is 5.23. The molecular weight excluding hydrogens is 198 g/mol. The summed E-state index contributed by atoms with van der Waals surface area (Å²) < 4.78 is 5.36. The van der Waals surface area contributed by atoms with Crippen molar-refractivity contribution in [1.82, 2.24) is 5.32 Å². The van der Waals surface area contributed by atoms with Gasteiger partial charge in [0.25, 0.3) is 0 Å². The van der Waals surface area contributed by atoms with E-state index in [0.29, 0.717) is 12.6 Å². The first-order chi connectivity index (χ1) is 6.64. The maximum atomic E-state index is 9.92. The van der Waals surface area contributed by atoms with Crippen molar-refractivity contribution in [2.45, 2.75) is 31.4 Å². The maximum Gasteiger partial charge on any atom is 0.0833 e. The van der Waals surface area contributed by atoms with Gasteiger partial charge in [-0.3, -0.25) is 0 Å². The van der Waals surface area contributed by atoms with Crippen LogP contribution in [0.3, 0.4) is 0 Å². The van der Waals surface area contributed by atoms with Crippen molar-refractivity contribution < 1.29 is 9.84 Å². The molecule has 0 saturated carbocycles. The molecule has 1 aliphatic heterocycles. The molecule has 84 valence electrons. The summed E-state index contributed by atoms with van der Waals surface area (Å²) in [5.74, 6) is 0.771. The Morgan fingerprint density at radius 1 is 1.64 bits per heavy atom. The highest BCUT2D eigenvalue weighted by molar-refractivity contribution is 7.98. The van der Waals surface area contributed by atoms with Crippen LogP contribution in [0.4, 0.5) is 0 Å². The van der Waals surface area contributed by atoms with Crippen LogP contribution in [-0.4, -0.2) is 48.5 Å². The molecule has 0 radical (unpaired) electrons. The van der Waals surface area contributed by atoms with E-state index in [9.17, 15) is 5.11 Å². The van der Waals surface area contributed by atoms with Gasteiger partial charge in [0, 0.05) is 24.9 Å². The molecule has 1 saturated heterocycles. The van der Waals surface area contributed by atoms with Crippen LogP contribution in [0.2, 0.25) is 0 Å². The van der Waals surface area contributed by atoms with Gasteiger partial charge in [0.1, 0.15) is 0 Å². The third-order valence-corrected chi connectivity index (χ3v) is 3.30. The van der Waals surface area contributed by atoms with Crippen molar-refractivity contribution in [2.75, 3.05) is 31.8 Å². The molecular formula is C10H21NO2S. The smallest absolute Gasteiger partial charge is 0.0833 e. The molecule has 0 aliphatic carbocycles. The summed E-state index contributed by atoms with van der Waals surface area (Å²) in [4.78, 5) is 0. The normalized spacial score (nSPS) is 27.2. The summed E-state index contributed by atoms with van der Waals surface area (Å²) in [7, 11) is 0. The lowest BCUT2D eigenvalue weighted by atomic mass is 10.1. The summed E-state index contributed by atoms with van der Waals surface area (Å²) in [5, 5.41) is 13.3. The Morgan fingerprint density at radius 3 is 3.00 bits per heavy atom. The van der Waals surface area contributed by atoms with Crippen LogP contribution in [0.1, 0.15) is 19.8 Å². The van der Waals surface area contributed by atoms with Gasteiger partial charge in [-0.1, -0.05) is 0 Å². The number of hydrogen-bond donors (Lipinski definition) is 2. The number of ether oxygens (including phenoxy) is 1. The zero-order chi connectivity index (χ0) is 10.4. The lowest BCUT2D eigenvalue weighted by Crippen LogP contribution is -2.46. The van der Waals surface area contributed by atoms with Crippen LogP contribution >= 0.6 is 11.8 Å². The van der Waals surface area contributed by atoms with Crippen molar-refractivity contribution in [3.05, 3.63) is 0 Å². The summed E-state index contributed by atoms with van der Waals surface area (Å²) in [6.45, 7) is 4.21. The van der Waals surface area contributed by atoms with Gasteiger partial charge in [-0.25, -0.2) is 0 Å². The first-order valence-electron chi connectivity index (χ1n) is 5.16. The van der Waals surface area contributed by atoms with Crippen LogP contribution in [0.5, 0.6) is 0 Å². The quantitative estimate of drug-likeness (QED) is 0.720. The molecule has 0 aromatic carbocycles. The van der Waals surface area contributed by atoms with Crippen LogP contribution in [0.15, 0.2) is 0 Å². The molecule has 1 rings (SSSR count).